The average molecular weight is 578 g/mol. The minimum atomic E-state index is 0.0826. The van der Waals surface area contributed by atoms with E-state index in [9.17, 15) is 0 Å². The molecule has 0 fully saturated rings. The predicted octanol–water partition coefficient (Wildman–Crippen LogP) is 4.99. The Morgan fingerprint density at radius 1 is 0.976 bits per heavy atom. The van der Waals surface area contributed by atoms with Crippen LogP contribution in [0.25, 0.3) is 11.3 Å². The lowest BCUT2D eigenvalue weighted by molar-refractivity contribution is 0.279. The Morgan fingerprint density at radius 2 is 1.68 bits per heavy atom. The van der Waals surface area contributed by atoms with Gasteiger partial charge in [-0.3, -0.25) is 0 Å². The van der Waals surface area contributed by atoms with Gasteiger partial charge in [0.1, 0.15) is 11.5 Å². The highest BCUT2D eigenvalue weighted by Crippen LogP contribution is 2.32. The van der Waals surface area contributed by atoms with Gasteiger partial charge >= 0.3 is 0 Å². The topological polar surface area (TPSA) is 132 Å². The van der Waals surface area contributed by atoms with Crippen molar-refractivity contribution in [1.82, 2.24) is 19.9 Å². The summed E-state index contributed by atoms with van der Waals surface area (Å²) in [5, 5.41) is 19.4. The van der Waals surface area contributed by atoms with Crippen LogP contribution in [0.15, 0.2) is 72.4 Å². The summed E-state index contributed by atoms with van der Waals surface area (Å²) in [6.07, 6.45) is 10.6. The Morgan fingerprint density at radius 3 is 2.32 bits per heavy atom. The minimum Gasteiger partial charge on any atom is -0.494 e. The maximum atomic E-state index is 8.73. The molecule has 0 aliphatic rings. The molecule has 0 unspecified atom stereocenters. The fourth-order valence-corrected chi connectivity index (χ4v) is 5.17. The highest BCUT2D eigenvalue weighted by molar-refractivity contribution is 7.16. The molecule has 0 bridgehead atoms. The van der Waals surface area contributed by atoms with Crippen molar-refractivity contribution in [3.8, 4) is 22.8 Å². The van der Waals surface area contributed by atoms with Crippen molar-refractivity contribution in [2.75, 3.05) is 38.7 Å². The first-order chi connectivity index (χ1) is 20.2. The number of nitrogens with two attached hydrogens (primary N) is 1. The van der Waals surface area contributed by atoms with Crippen LogP contribution < -0.4 is 25.8 Å². The molecule has 4 aromatic rings. The summed E-state index contributed by atoms with van der Waals surface area (Å²) in [5.74, 6) is 1.71. The summed E-state index contributed by atoms with van der Waals surface area (Å²) in [7, 11) is 1.91. The summed E-state index contributed by atoms with van der Waals surface area (Å²) >= 11 is 1.71. The largest absolute Gasteiger partial charge is 0.494 e. The number of oxime groups is 1. The van der Waals surface area contributed by atoms with E-state index >= 15 is 0 Å². The van der Waals surface area contributed by atoms with E-state index in [0.717, 1.165) is 79.6 Å². The van der Waals surface area contributed by atoms with Gasteiger partial charge in [0.2, 0.25) is 0 Å². The Kier molecular flexibility index (Phi) is 11.8. The number of ether oxygens (including phenoxy) is 2. The lowest BCUT2D eigenvalue weighted by Gasteiger charge is -2.09. The number of thiazole rings is 1. The van der Waals surface area contributed by atoms with Gasteiger partial charge in [-0.1, -0.05) is 5.16 Å². The van der Waals surface area contributed by atoms with Crippen LogP contribution in [0, 0.1) is 0 Å². The normalized spacial score (nSPS) is 11.5. The molecular weight excluding hydrogens is 538 g/mol. The van der Waals surface area contributed by atoms with Gasteiger partial charge in [0.25, 0.3) is 0 Å². The number of hydrogen-bond acceptors (Lipinski definition) is 9. The van der Waals surface area contributed by atoms with E-state index in [0.29, 0.717) is 18.8 Å². The second kappa shape index (κ2) is 16.2. The number of imidazole rings is 1. The Bertz CT molecular complexity index is 1320. The maximum absolute atomic E-state index is 8.73. The van der Waals surface area contributed by atoms with Gasteiger partial charge in [-0.05, 0) is 87.2 Å². The molecule has 218 valence electrons. The molecule has 0 saturated heterocycles. The van der Waals surface area contributed by atoms with Crippen LogP contribution in [0.3, 0.4) is 0 Å². The van der Waals surface area contributed by atoms with Crippen molar-refractivity contribution in [3.63, 3.8) is 0 Å². The third-order valence-corrected chi connectivity index (χ3v) is 7.61. The zero-order valence-corrected chi connectivity index (χ0v) is 24.3. The predicted molar refractivity (Wildman–Crippen MR) is 164 cm³/mol. The molecule has 2 aromatic heterocycles. The molecule has 0 amide bonds. The molecule has 41 heavy (non-hydrogen) atoms. The van der Waals surface area contributed by atoms with E-state index in [-0.39, 0.29) is 5.84 Å². The number of amidine groups is 1. The molecule has 10 nitrogen and oxygen atoms in total. The van der Waals surface area contributed by atoms with Crippen molar-refractivity contribution in [1.29, 1.82) is 0 Å². The lowest BCUT2D eigenvalue weighted by Crippen LogP contribution is -2.19. The standard InChI is InChI=1S/C30H39N7O3S/c1-32-30-35-28(27(41-30)14-16-33-15-5-18-37-19-17-34-22-37)23-6-10-25(11-7-23)39-20-3-2-4-21-40-26-12-8-24(9-13-26)29(31)36-38/h6-13,17,19,22,33,38H,2-5,14-16,18,20-21H2,1H3,(H2,31,36)(H,32,35). The number of benzene rings is 2. The summed E-state index contributed by atoms with van der Waals surface area (Å²) in [6, 6.07) is 15.4. The molecular formula is C30H39N7O3S. The van der Waals surface area contributed by atoms with Gasteiger partial charge < -0.3 is 35.6 Å². The number of hydrogen-bond donors (Lipinski definition) is 4. The first-order valence-corrected chi connectivity index (χ1v) is 14.8. The number of aromatic nitrogens is 3. The Hall–Kier alpha value is -4.09. The smallest absolute Gasteiger partial charge is 0.183 e. The van der Waals surface area contributed by atoms with Gasteiger partial charge in [-0.25, -0.2) is 9.97 Å². The van der Waals surface area contributed by atoms with Crippen molar-refractivity contribution < 1.29 is 14.7 Å². The SMILES string of the molecule is CNc1nc(-c2ccc(OCCCCCOc3ccc(C(N)=NO)cc3)cc2)c(CCNCCCn2ccnc2)s1. The zero-order valence-electron chi connectivity index (χ0n) is 23.5. The number of rotatable bonds is 18. The van der Waals surface area contributed by atoms with Crippen LogP contribution in [0.1, 0.15) is 36.1 Å². The maximum Gasteiger partial charge on any atom is 0.183 e. The van der Waals surface area contributed by atoms with Crippen LogP contribution in [-0.4, -0.2) is 58.9 Å². The highest BCUT2D eigenvalue weighted by Gasteiger charge is 2.13. The fourth-order valence-electron chi connectivity index (χ4n) is 4.24. The number of aryl methyl sites for hydroxylation is 1. The molecule has 0 aliphatic carbocycles. The lowest BCUT2D eigenvalue weighted by atomic mass is 10.1. The number of nitrogens with one attached hydrogen (secondary N) is 2. The van der Waals surface area contributed by atoms with Crippen molar-refractivity contribution in [2.45, 2.75) is 38.6 Å². The second-order valence-corrected chi connectivity index (χ2v) is 10.6. The van der Waals surface area contributed by atoms with E-state index in [4.69, 9.17) is 25.4 Å². The van der Waals surface area contributed by atoms with Gasteiger partial charge in [0, 0.05) is 48.5 Å². The molecule has 2 aromatic carbocycles. The van der Waals surface area contributed by atoms with Gasteiger partial charge in [-0.15, -0.1) is 11.3 Å². The fraction of sp³-hybridized carbons (Fsp3) is 0.367. The number of unbranched alkanes of at least 4 members (excludes halogenated alkanes) is 2. The van der Waals surface area contributed by atoms with E-state index < -0.39 is 0 Å². The van der Waals surface area contributed by atoms with Gasteiger partial charge in [-0.2, -0.15) is 0 Å². The highest BCUT2D eigenvalue weighted by atomic mass is 32.1. The van der Waals surface area contributed by atoms with E-state index in [1.54, 1.807) is 23.5 Å². The van der Waals surface area contributed by atoms with E-state index in [1.165, 1.54) is 4.88 Å². The monoisotopic (exact) mass is 577 g/mol. The van der Waals surface area contributed by atoms with Gasteiger partial charge in [0.15, 0.2) is 11.0 Å². The van der Waals surface area contributed by atoms with Gasteiger partial charge in [0.05, 0.1) is 25.2 Å². The Labute approximate surface area is 245 Å². The third-order valence-electron chi connectivity index (χ3n) is 6.48. The molecule has 0 atom stereocenters. The molecule has 0 spiro atoms. The molecule has 2 heterocycles. The third kappa shape index (κ3) is 9.51. The molecule has 0 radical (unpaired) electrons. The summed E-state index contributed by atoms with van der Waals surface area (Å²) in [6.45, 7) is 4.14. The number of nitrogens with zero attached hydrogens (tertiary/aromatic N) is 4. The molecule has 5 N–H and O–H groups in total. The molecule has 0 saturated carbocycles. The summed E-state index contributed by atoms with van der Waals surface area (Å²) < 4.78 is 13.8. The quantitative estimate of drug-likeness (QED) is 0.0428. The first kappa shape index (κ1) is 29.9. The zero-order chi connectivity index (χ0) is 28.7. The van der Waals surface area contributed by atoms with Crippen molar-refractivity contribution in [3.05, 3.63) is 77.7 Å². The average Bonchev–Trinajstić information content (AvgIpc) is 3.69. The van der Waals surface area contributed by atoms with Crippen LogP contribution in [0.5, 0.6) is 11.5 Å². The minimum absolute atomic E-state index is 0.0826. The molecule has 11 heteroatoms. The van der Waals surface area contributed by atoms with Crippen molar-refractivity contribution in [2.24, 2.45) is 10.9 Å². The molecule has 4 rings (SSSR count). The second-order valence-electron chi connectivity index (χ2n) is 9.49. The van der Waals surface area contributed by atoms with Crippen LogP contribution in [0.4, 0.5) is 5.13 Å². The summed E-state index contributed by atoms with van der Waals surface area (Å²) in [4.78, 5) is 10.2. The summed E-state index contributed by atoms with van der Waals surface area (Å²) in [5.41, 5.74) is 8.36. The molecule has 0 aliphatic heterocycles. The van der Waals surface area contributed by atoms with E-state index in [2.05, 4.69) is 37.5 Å². The van der Waals surface area contributed by atoms with Crippen molar-refractivity contribution >= 4 is 22.3 Å². The first-order valence-electron chi connectivity index (χ1n) is 13.9. The Balaban J connectivity index is 1.14. The van der Waals surface area contributed by atoms with Crippen LogP contribution in [-0.2, 0) is 13.0 Å². The van der Waals surface area contributed by atoms with Crippen LogP contribution in [0.2, 0.25) is 0 Å². The van der Waals surface area contributed by atoms with Crippen LogP contribution >= 0.6 is 11.3 Å². The number of anilines is 1. The van der Waals surface area contributed by atoms with E-state index in [1.807, 2.05) is 50.0 Å².